The lowest BCUT2D eigenvalue weighted by Gasteiger charge is -2.37. The van der Waals surface area contributed by atoms with Crippen molar-refractivity contribution in [3.8, 4) is 0 Å². The van der Waals surface area contributed by atoms with Crippen molar-refractivity contribution in [2.45, 2.75) is 19.3 Å². The number of nitrogens with one attached hydrogen (secondary N) is 2. The van der Waals surface area contributed by atoms with Crippen molar-refractivity contribution in [1.82, 2.24) is 20.6 Å². The molecule has 1 aromatic heterocycles. The van der Waals surface area contributed by atoms with Crippen LogP contribution < -0.4 is 10.6 Å². The van der Waals surface area contributed by atoms with E-state index in [9.17, 15) is 14.4 Å². The Hall–Kier alpha value is -3.35. The van der Waals surface area contributed by atoms with E-state index in [4.69, 9.17) is 0 Å². The van der Waals surface area contributed by atoms with Gasteiger partial charge in [-0.1, -0.05) is 36.4 Å². The Morgan fingerprint density at radius 2 is 1.93 bits per heavy atom. The third-order valence-corrected chi connectivity index (χ3v) is 4.79. The monoisotopic (exact) mass is 364 g/mol. The van der Waals surface area contributed by atoms with E-state index in [1.807, 2.05) is 42.6 Å². The minimum absolute atomic E-state index is 0.173. The average Bonchev–Trinajstić information content (AvgIpc) is 3.20. The molecule has 1 aliphatic carbocycles. The van der Waals surface area contributed by atoms with Gasteiger partial charge in [-0.25, -0.2) is 14.8 Å². The Bertz CT molecular complexity index is 837. The van der Waals surface area contributed by atoms with Crippen LogP contribution in [0.25, 0.3) is 10.9 Å². The minimum Gasteiger partial charge on any atom is -0.277 e. The second-order valence-electron chi connectivity index (χ2n) is 6.40. The number of benzene rings is 1. The van der Waals surface area contributed by atoms with E-state index >= 15 is 0 Å². The van der Waals surface area contributed by atoms with Crippen molar-refractivity contribution in [2.75, 3.05) is 0 Å². The van der Waals surface area contributed by atoms with E-state index in [-0.39, 0.29) is 12.3 Å². The SMILES string of the molecule is C=CCC1(C2C=CCC2)C(=O)NC(=O)NC1=O.c1ccc2ncncc2c1. The van der Waals surface area contributed by atoms with Crippen LogP contribution in [0.15, 0.2) is 61.6 Å². The third-order valence-electron chi connectivity index (χ3n) is 4.79. The number of hydrogen-bond donors (Lipinski definition) is 2. The molecular weight excluding hydrogens is 344 g/mol. The summed E-state index contributed by atoms with van der Waals surface area (Å²) in [5.41, 5.74) is -0.222. The number of imide groups is 2. The fourth-order valence-electron chi connectivity index (χ4n) is 3.43. The first-order valence-corrected chi connectivity index (χ1v) is 8.67. The lowest BCUT2D eigenvalue weighted by atomic mass is 9.70. The fourth-order valence-corrected chi connectivity index (χ4v) is 3.43. The molecule has 0 saturated carbocycles. The van der Waals surface area contributed by atoms with Gasteiger partial charge in [-0.05, 0) is 25.3 Å². The predicted octanol–water partition coefficient (Wildman–Crippen LogP) is 2.51. The summed E-state index contributed by atoms with van der Waals surface area (Å²) in [5, 5.41) is 5.43. The standard InChI is InChI=1S/C12H14N2O3.C8H6N2/c1-2-7-12(8-5-3-4-6-8)9(15)13-11(17)14-10(12)16;1-2-4-8-7(3-1)5-9-6-10-8/h2-3,5,8H,1,4,6-7H2,(H2,13,14,15,16,17);1-6H. The van der Waals surface area contributed by atoms with E-state index in [2.05, 4.69) is 27.2 Å². The highest BCUT2D eigenvalue weighted by atomic mass is 16.2. The maximum absolute atomic E-state index is 12.0. The molecule has 4 amide bonds. The van der Waals surface area contributed by atoms with Crippen LogP contribution >= 0.6 is 0 Å². The van der Waals surface area contributed by atoms with E-state index in [1.165, 1.54) is 0 Å². The first kappa shape index (κ1) is 18.4. The number of aromatic nitrogens is 2. The summed E-state index contributed by atoms with van der Waals surface area (Å²) in [6.45, 7) is 3.59. The molecule has 1 fully saturated rings. The second-order valence-corrected chi connectivity index (χ2v) is 6.40. The number of fused-ring (bicyclic) bond motifs is 1. The number of barbiturate groups is 1. The second kappa shape index (κ2) is 7.90. The van der Waals surface area contributed by atoms with Gasteiger partial charge in [-0.3, -0.25) is 20.2 Å². The van der Waals surface area contributed by atoms with Crippen molar-refractivity contribution in [3.05, 3.63) is 61.6 Å². The molecule has 1 atom stereocenters. The summed E-state index contributed by atoms with van der Waals surface area (Å²) in [6, 6.07) is 7.16. The van der Waals surface area contributed by atoms with Crippen LogP contribution in [0.4, 0.5) is 4.79 Å². The summed E-state index contributed by atoms with van der Waals surface area (Å²) in [7, 11) is 0. The topological polar surface area (TPSA) is 101 Å². The molecule has 0 spiro atoms. The lowest BCUT2D eigenvalue weighted by molar-refractivity contribution is -0.147. The Balaban J connectivity index is 0.000000177. The first-order valence-electron chi connectivity index (χ1n) is 8.67. The van der Waals surface area contributed by atoms with Gasteiger partial charge in [0.15, 0.2) is 0 Å². The highest BCUT2D eigenvalue weighted by Gasteiger charge is 2.54. The molecule has 7 nitrogen and oxygen atoms in total. The molecular formula is C20H20N4O3. The Morgan fingerprint density at radius 1 is 1.19 bits per heavy atom. The molecule has 2 aromatic rings. The largest absolute Gasteiger partial charge is 0.328 e. The molecule has 2 N–H and O–H groups in total. The zero-order valence-corrected chi connectivity index (χ0v) is 14.7. The molecule has 0 bridgehead atoms. The quantitative estimate of drug-likeness (QED) is 0.644. The molecule has 2 aliphatic rings. The summed E-state index contributed by atoms with van der Waals surface area (Å²) in [6.07, 6.45) is 10.5. The number of nitrogens with zero attached hydrogens (tertiary/aromatic N) is 2. The minimum atomic E-state index is -1.22. The van der Waals surface area contributed by atoms with Crippen molar-refractivity contribution in [2.24, 2.45) is 11.3 Å². The van der Waals surface area contributed by atoms with Crippen molar-refractivity contribution in [1.29, 1.82) is 0 Å². The maximum atomic E-state index is 12.0. The van der Waals surface area contributed by atoms with E-state index < -0.39 is 23.3 Å². The number of allylic oxidation sites excluding steroid dienone is 3. The van der Waals surface area contributed by atoms with Gasteiger partial charge in [-0.2, -0.15) is 0 Å². The van der Waals surface area contributed by atoms with Crippen molar-refractivity contribution in [3.63, 3.8) is 0 Å². The molecule has 1 aromatic carbocycles. The molecule has 1 saturated heterocycles. The number of hydrogen-bond acceptors (Lipinski definition) is 5. The van der Waals surface area contributed by atoms with Gasteiger partial charge in [-0.15, -0.1) is 6.58 Å². The molecule has 0 radical (unpaired) electrons. The predicted molar refractivity (Wildman–Crippen MR) is 100 cm³/mol. The average molecular weight is 364 g/mol. The molecule has 4 rings (SSSR count). The normalized spacial score (nSPS) is 20.4. The van der Waals surface area contributed by atoms with Gasteiger partial charge in [0.05, 0.1) is 5.52 Å². The Morgan fingerprint density at radius 3 is 2.56 bits per heavy atom. The van der Waals surface area contributed by atoms with Gasteiger partial charge in [0.1, 0.15) is 11.7 Å². The molecule has 1 unspecified atom stereocenters. The summed E-state index contributed by atoms with van der Waals surface area (Å²) in [5.74, 6) is -1.22. The van der Waals surface area contributed by atoms with Crippen LogP contribution in [0.2, 0.25) is 0 Å². The number of rotatable bonds is 3. The number of carbonyl (C=O) groups is 3. The van der Waals surface area contributed by atoms with Gasteiger partial charge in [0.25, 0.3) is 0 Å². The highest BCUT2D eigenvalue weighted by molar-refractivity contribution is 6.19. The van der Waals surface area contributed by atoms with Gasteiger partial charge < -0.3 is 0 Å². The first-order chi connectivity index (χ1) is 13.1. The van der Waals surface area contributed by atoms with Crippen LogP contribution in [0.5, 0.6) is 0 Å². The molecule has 7 heteroatoms. The lowest BCUT2D eigenvalue weighted by Crippen LogP contribution is -2.64. The van der Waals surface area contributed by atoms with Crippen LogP contribution in [-0.4, -0.2) is 27.8 Å². The smallest absolute Gasteiger partial charge is 0.277 e. The number of carbonyl (C=O) groups excluding carboxylic acids is 3. The molecule has 27 heavy (non-hydrogen) atoms. The van der Waals surface area contributed by atoms with Crippen LogP contribution in [0.1, 0.15) is 19.3 Å². The van der Waals surface area contributed by atoms with E-state index in [1.54, 1.807) is 12.4 Å². The molecule has 2 heterocycles. The zero-order valence-electron chi connectivity index (χ0n) is 14.7. The fraction of sp³-hybridized carbons (Fsp3) is 0.250. The van der Waals surface area contributed by atoms with Crippen LogP contribution in [-0.2, 0) is 9.59 Å². The Kier molecular flexibility index (Phi) is 5.40. The summed E-state index contributed by atoms with van der Waals surface area (Å²) >= 11 is 0. The number of para-hydroxylation sites is 1. The zero-order chi connectivity index (χ0) is 19.3. The third kappa shape index (κ3) is 3.62. The van der Waals surface area contributed by atoms with Gasteiger partial charge in [0.2, 0.25) is 11.8 Å². The maximum Gasteiger partial charge on any atom is 0.328 e. The summed E-state index contributed by atoms with van der Waals surface area (Å²) < 4.78 is 0. The van der Waals surface area contributed by atoms with Crippen LogP contribution in [0.3, 0.4) is 0 Å². The van der Waals surface area contributed by atoms with Crippen molar-refractivity contribution < 1.29 is 14.4 Å². The van der Waals surface area contributed by atoms with Gasteiger partial charge >= 0.3 is 6.03 Å². The Labute approximate surface area is 156 Å². The van der Waals surface area contributed by atoms with Crippen molar-refractivity contribution >= 4 is 28.7 Å². The molecule has 138 valence electrons. The number of amides is 4. The van der Waals surface area contributed by atoms with E-state index in [0.717, 1.165) is 23.7 Å². The molecule has 1 aliphatic heterocycles. The van der Waals surface area contributed by atoms with E-state index in [0.29, 0.717) is 0 Å². The van der Waals surface area contributed by atoms with Gasteiger partial charge in [0, 0.05) is 17.5 Å². The summed E-state index contributed by atoms with van der Waals surface area (Å²) in [4.78, 5) is 43.1. The number of urea groups is 1. The van der Waals surface area contributed by atoms with Crippen LogP contribution in [0, 0.1) is 11.3 Å². The highest BCUT2D eigenvalue weighted by Crippen LogP contribution is 2.40.